The van der Waals surface area contributed by atoms with Gasteiger partial charge in [-0.25, -0.2) is 5.48 Å². The normalized spacial score (nSPS) is 10.2. The summed E-state index contributed by atoms with van der Waals surface area (Å²) in [6.45, 7) is 2.13. The molecule has 2 rings (SSSR count). The molecule has 0 aromatic heterocycles. The third kappa shape index (κ3) is 3.56. The van der Waals surface area contributed by atoms with Crippen molar-refractivity contribution in [1.29, 1.82) is 0 Å². The van der Waals surface area contributed by atoms with Crippen molar-refractivity contribution in [1.82, 2.24) is 5.48 Å². The zero-order chi connectivity index (χ0) is 13.7. The van der Waals surface area contributed by atoms with Crippen LogP contribution in [0.5, 0.6) is 5.75 Å². The lowest BCUT2D eigenvalue weighted by Crippen LogP contribution is -2.23. The molecule has 4 heteroatoms. The number of hydrogen-bond acceptors (Lipinski definition) is 3. The van der Waals surface area contributed by atoms with Gasteiger partial charge in [0.2, 0.25) is 0 Å². The Morgan fingerprint density at radius 2 is 1.95 bits per heavy atom. The highest BCUT2D eigenvalue weighted by atomic mass is 16.6. The van der Waals surface area contributed by atoms with Crippen molar-refractivity contribution >= 4 is 5.91 Å². The first-order valence-electron chi connectivity index (χ1n) is 5.92. The van der Waals surface area contributed by atoms with Crippen LogP contribution in [0.3, 0.4) is 0 Å². The quantitative estimate of drug-likeness (QED) is 0.828. The number of hydrogen-bond donors (Lipinski definition) is 2. The van der Waals surface area contributed by atoms with Gasteiger partial charge in [-0.15, -0.1) is 0 Å². The van der Waals surface area contributed by atoms with Gasteiger partial charge in [-0.2, -0.15) is 0 Å². The van der Waals surface area contributed by atoms with Crippen molar-refractivity contribution in [3.63, 3.8) is 0 Å². The summed E-state index contributed by atoms with van der Waals surface area (Å²) in [5.41, 5.74) is 4.37. The highest BCUT2D eigenvalue weighted by Gasteiger charge is 2.11. The van der Waals surface area contributed by atoms with E-state index in [-0.39, 0.29) is 17.9 Å². The Labute approximate surface area is 111 Å². The summed E-state index contributed by atoms with van der Waals surface area (Å²) in [7, 11) is 0. The molecule has 0 fully saturated rings. The molecule has 0 saturated carbocycles. The molecule has 0 aliphatic heterocycles. The summed E-state index contributed by atoms with van der Waals surface area (Å²) >= 11 is 0. The number of hydroxylamine groups is 1. The summed E-state index contributed by atoms with van der Waals surface area (Å²) < 4.78 is 0. The average molecular weight is 257 g/mol. The molecule has 0 bridgehead atoms. The Hall–Kier alpha value is -2.33. The number of carbonyl (C=O) groups excluding carboxylic acids is 1. The smallest absolute Gasteiger partial charge is 0.278 e. The van der Waals surface area contributed by atoms with E-state index in [4.69, 9.17) is 4.84 Å². The third-order valence-electron chi connectivity index (χ3n) is 2.64. The summed E-state index contributed by atoms with van der Waals surface area (Å²) in [6, 6.07) is 14.3. The molecule has 0 aliphatic rings. The van der Waals surface area contributed by atoms with E-state index < -0.39 is 5.91 Å². The van der Waals surface area contributed by atoms with E-state index in [1.54, 1.807) is 12.1 Å². The van der Waals surface area contributed by atoms with Gasteiger partial charge in [-0.05, 0) is 24.6 Å². The Bertz CT molecular complexity index is 567. The van der Waals surface area contributed by atoms with E-state index in [1.807, 2.05) is 37.3 Å². The number of aromatic hydroxyl groups is 1. The van der Waals surface area contributed by atoms with E-state index >= 15 is 0 Å². The molecule has 2 aromatic carbocycles. The number of rotatable bonds is 4. The minimum absolute atomic E-state index is 0.0635. The van der Waals surface area contributed by atoms with Crippen LogP contribution in [-0.2, 0) is 11.4 Å². The second kappa shape index (κ2) is 6.02. The van der Waals surface area contributed by atoms with Crippen LogP contribution in [0.4, 0.5) is 0 Å². The summed E-state index contributed by atoms with van der Waals surface area (Å²) in [5, 5.41) is 9.61. The predicted molar refractivity (Wildman–Crippen MR) is 71.5 cm³/mol. The number of phenolic OH excluding ortho intramolecular Hbond substituents is 1. The summed E-state index contributed by atoms with van der Waals surface area (Å²) in [4.78, 5) is 16.9. The first-order valence-corrected chi connectivity index (χ1v) is 5.92. The number of nitrogens with one attached hydrogen (secondary N) is 1. The zero-order valence-electron chi connectivity index (χ0n) is 10.6. The maximum atomic E-state index is 11.8. The topological polar surface area (TPSA) is 58.6 Å². The molecule has 0 atom stereocenters. The van der Waals surface area contributed by atoms with Crippen molar-refractivity contribution in [3.8, 4) is 5.75 Å². The Morgan fingerprint density at radius 1 is 1.21 bits per heavy atom. The number of amides is 1. The number of carbonyl (C=O) groups is 1. The molecule has 98 valence electrons. The summed E-state index contributed by atoms with van der Waals surface area (Å²) in [5.74, 6) is -0.524. The second-order valence-electron chi connectivity index (χ2n) is 4.23. The van der Waals surface area contributed by atoms with Crippen molar-refractivity contribution in [3.05, 3.63) is 65.2 Å². The van der Waals surface area contributed by atoms with Gasteiger partial charge in [0, 0.05) is 0 Å². The Morgan fingerprint density at radius 3 is 2.68 bits per heavy atom. The molecule has 4 nitrogen and oxygen atoms in total. The van der Waals surface area contributed by atoms with E-state index in [2.05, 4.69) is 5.48 Å². The predicted octanol–water partition coefficient (Wildman–Crippen LogP) is 2.56. The fourth-order valence-corrected chi connectivity index (χ4v) is 1.65. The number of phenols is 1. The van der Waals surface area contributed by atoms with Gasteiger partial charge in [0.25, 0.3) is 5.91 Å². The van der Waals surface area contributed by atoms with Crippen LogP contribution >= 0.6 is 0 Å². The van der Waals surface area contributed by atoms with Crippen molar-refractivity contribution in [2.45, 2.75) is 13.5 Å². The third-order valence-corrected chi connectivity index (χ3v) is 2.64. The van der Waals surface area contributed by atoms with E-state index in [9.17, 15) is 9.90 Å². The molecular formula is C15H15NO3. The Balaban J connectivity index is 1.93. The molecule has 19 heavy (non-hydrogen) atoms. The molecule has 0 unspecified atom stereocenters. The molecule has 0 aliphatic carbocycles. The fourth-order valence-electron chi connectivity index (χ4n) is 1.65. The minimum Gasteiger partial charge on any atom is -0.507 e. The standard InChI is InChI=1S/C15H15NO3/c1-11-7-8-14(17)13(9-11)15(18)16-19-10-12-5-3-2-4-6-12/h2-9,17H,10H2,1H3,(H,16,18). The van der Waals surface area contributed by atoms with E-state index in [1.165, 1.54) is 6.07 Å². The SMILES string of the molecule is Cc1ccc(O)c(C(=O)NOCc2ccccc2)c1. The van der Waals surface area contributed by atoms with E-state index in [0.717, 1.165) is 11.1 Å². The first-order chi connectivity index (χ1) is 9.16. The highest BCUT2D eigenvalue weighted by molar-refractivity contribution is 5.96. The van der Waals surface area contributed by atoms with Crippen molar-refractivity contribution in [2.24, 2.45) is 0 Å². The van der Waals surface area contributed by atoms with E-state index in [0.29, 0.717) is 0 Å². The average Bonchev–Trinajstić information content (AvgIpc) is 2.42. The highest BCUT2D eigenvalue weighted by Crippen LogP contribution is 2.17. The zero-order valence-corrected chi connectivity index (χ0v) is 10.6. The first kappa shape index (κ1) is 13.1. The second-order valence-corrected chi connectivity index (χ2v) is 4.23. The molecule has 2 N–H and O–H groups in total. The number of benzene rings is 2. The monoisotopic (exact) mass is 257 g/mol. The van der Waals surface area contributed by atoms with Crippen LogP contribution in [0.2, 0.25) is 0 Å². The van der Waals surface area contributed by atoms with Crippen LogP contribution in [0.15, 0.2) is 48.5 Å². The number of aryl methyl sites for hydroxylation is 1. The maximum absolute atomic E-state index is 11.8. The van der Waals surface area contributed by atoms with Gasteiger partial charge in [-0.1, -0.05) is 42.0 Å². The van der Waals surface area contributed by atoms with Gasteiger partial charge in [-0.3, -0.25) is 9.63 Å². The van der Waals surface area contributed by atoms with Crippen LogP contribution in [-0.4, -0.2) is 11.0 Å². The molecule has 0 saturated heterocycles. The molecule has 0 spiro atoms. The van der Waals surface area contributed by atoms with Gasteiger partial charge >= 0.3 is 0 Å². The lowest BCUT2D eigenvalue weighted by molar-refractivity contribution is 0.0231. The minimum atomic E-state index is -0.461. The molecule has 0 heterocycles. The van der Waals surface area contributed by atoms with Gasteiger partial charge < -0.3 is 5.11 Å². The largest absolute Gasteiger partial charge is 0.507 e. The van der Waals surface area contributed by atoms with Crippen molar-refractivity contribution in [2.75, 3.05) is 0 Å². The van der Waals surface area contributed by atoms with Crippen LogP contribution in [0.25, 0.3) is 0 Å². The lowest BCUT2D eigenvalue weighted by atomic mass is 10.1. The van der Waals surface area contributed by atoms with Crippen LogP contribution in [0, 0.1) is 6.92 Å². The summed E-state index contributed by atoms with van der Waals surface area (Å²) in [6.07, 6.45) is 0. The van der Waals surface area contributed by atoms with Crippen LogP contribution in [0.1, 0.15) is 21.5 Å². The molecule has 1 amide bonds. The van der Waals surface area contributed by atoms with Crippen LogP contribution < -0.4 is 5.48 Å². The maximum Gasteiger partial charge on any atom is 0.278 e. The lowest BCUT2D eigenvalue weighted by Gasteiger charge is -2.08. The molecule has 2 aromatic rings. The van der Waals surface area contributed by atoms with Crippen molar-refractivity contribution < 1.29 is 14.7 Å². The molecular weight excluding hydrogens is 242 g/mol. The fraction of sp³-hybridized carbons (Fsp3) is 0.133. The van der Waals surface area contributed by atoms with Gasteiger partial charge in [0.1, 0.15) is 5.75 Å². The van der Waals surface area contributed by atoms with Gasteiger partial charge in [0.15, 0.2) is 0 Å². The van der Waals surface area contributed by atoms with Gasteiger partial charge in [0.05, 0.1) is 12.2 Å². The molecule has 0 radical (unpaired) electrons. The Kier molecular flexibility index (Phi) is 4.15.